The van der Waals surface area contributed by atoms with Crippen LogP contribution in [0.3, 0.4) is 0 Å². The van der Waals surface area contributed by atoms with Crippen LogP contribution < -0.4 is 5.73 Å². The third-order valence-corrected chi connectivity index (χ3v) is 6.29. The van der Waals surface area contributed by atoms with Gasteiger partial charge in [0.05, 0.1) is 36.1 Å². The Morgan fingerprint density at radius 1 is 1.28 bits per heavy atom. The predicted molar refractivity (Wildman–Crippen MR) is 108 cm³/mol. The standard InChI is InChI=1S/C20H23F3N8O/c1-2-15(18-26-11-27-28-18)30-4-3-19(10-30)16-8-14(29-31(16)5-6-32-19)12-7-13(20(21,22)23)17(24)25-9-12/h7-9,11,15H,2-6,10H2,1H3,(H2,24,25)(H,26,27,28). The molecule has 170 valence electrons. The Labute approximate surface area is 181 Å². The summed E-state index contributed by atoms with van der Waals surface area (Å²) < 4.78 is 48.0. The number of rotatable bonds is 4. The first kappa shape index (κ1) is 20.9. The van der Waals surface area contributed by atoms with E-state index in [0.29, 0.717) is 25.4 Å². The van der Waals surface area contributed by atoms with Crippen molar-refractivity contribution in [2.24, 2.45) is 0 Å². The Morgan fingerprint density at radius 3 is 2.84 bits per heavy atom. The lowest BCUT2D eigenvalue weighted by Crippen LogP contribution is -2.41. The van der Waals surface area contributed by atoms with Crippen LogP contribution in [0.2, 0.25) is 0 Å². The number of anilines is 1. The summed E-state index contributed by atoms with van der Waals surface area (Å²) in [6, 6.07) is 2.89. The van der Waals surface area contributed by atoms with E-state index >= 15 is 0 Å². The van der Waals surface area contributed by atoms with Gasteiger partial charge in [0.1, 0.15) is 23.6 Å². The maximum absolute atomic E-state index is 13.3. The van der Waals surface area contributed by atoms with Gasteiger partial charge in [-0.05, 0) is 25.0 Å². The van der Waals surface area contributed by atoms with Crippen molar-refractivity contribution in [3.05, 3.63) is 41.7 Å². The first-order chi connectivity index (χ1) is 15.3. The average molecular weight is 448 g/mol. The topological polar surface area (TPSA) is 111 Å². The van der Waals surface area contributed by atoms with Gasteiger partial charge in [-0.3, -0.25) is 14.7 Å². The molecule has 0 radical (unpaired) electrons. The summed E-state index contributed by atoms with van der Waals surface area (Å²) in [6.07, 6.45) is -0.162. The van der Waals surface area contributed by atoms with Gasteiger partial charge in [-0.25, -0.2) is 9.97 Å². The maximum atomic E-state index is 13.3. The van der Waals surface area contributed by atoms with Crippen LogP contribution in [0, 0.1) is 0 Å². The van der Waals surface area contributed by atoms with E-state index in [0.717, 1.165) is 37.0 Å². The van der Waals surface area contributed by atoms with E-state index in [2.05, 4.69) is 37.1 Å². The lowest BCUT2D eigenvalue weighted by atomic mass is 9.96. The second-order valence-corrected chi connectivity index (χ2v) is 8.15. The number of hydrogen-bond donors (Lipinski definition) is 2. The molecule has 5 rings (SSSR count). The summed E-state index contributed by atoms with van der Waals surface area (Å²) in [5, 5.41) is 11.5. The molecule has 3 aromatic rings. The summed E-state index contributed by atoms with van der Waals surface area (Å²) >= 11 is 0. The van der Waals surface area contributed by atoms with Gasteiger partial charge in [0, 0.05) is 24.8 Å². The molecule has 0 saturated carbocycles. The molecule has 32 heavy (non-hydrogen) atoms. The van der Waals surface area contributed by atoms with E-state index < -0.39 is 23.2 Å². The molecule has 0 aliphatic carbocycles. The van der Waals surface area contributed by atoms with Crippen LogP contribution in [-0.2, 0) is 23.1 Å². The lowest BCUT2D eigenvalue weighted by Gasteiger charge is -2.35. The van der Waals surface area contributed by atoms with E-state index in [1.807, 2.05) is 10.7 Å². The first-order valence-corrected chi connectivity index (χ1v) is 10.5. The van der Waals surface area contributed by atoms with E-state index in [9.17, 15) is 13.2 Å². The van der Waals surface area contributed by atoms with Crippen molar-refractivity contribution in [3.8, 4) is 11.3 Å². The molecule has 1 saturated heterocycles. The van der Waals surface area contributed by atoms with Crippen molar-refractivity contribution in [2.75, 3.05) is 25.4 Å². The Morgan fingerprint density at radius 2 is 2.12 bits per heavy atom. The normalized spacial score (nSPS) is 22.4. The van der Waals surface area contributed by atoms with Crippen LogP contribution in [-0.4, -0.2) is 54.5 Å². The highest BCUT2D eigenvalue weighted by Crippen LogP contribution is 2.43. The third-order valence-electron chi connectivity index (χ3n) is 6.29. The monoisotopic (exact) mass is 448 g/mol. The van der Waals surface area contributed by atoms with Crippen molar-refractivity contribution in [1.29, 1.82) is 0 Å². The number of alkyl halides is 3. The highest BCUT2D eigenvalue weighted by atomic mass is 19.4. The van der Waals surface area contributed by atoms with Crippen LogP contribution >= 0.6 is 0 Å². The molecule has 2 unspecified atom stereocenters. The maximum Gasteiger partial charge on any atom is 0.419 e. The first-order valence-electron chi connectivity index (χ1n) is 10.5. The van der Waals surface area contributed by atoms with Crippen LogP contribution in [0.15, 0.2) is 24.7 Å². The highest BCUT2D eigenvalue weighted by Gasteiger charge is 2.47. The van der Waals surface area contributed by atoms with Gasteiger partial charge in [-0.2, -0.15) is 23.4 Å². The van der Waals surface area contributed by atoms with E-state index in [4.69, 9.17) is 10.5 Å². The molecule has 12 heteroatoms. The number of aromatic nitrogens is 6. The zero-order chi connectivity index (χ0) is 22.5. The molecule has 1 spiro atoms. The van der Waals surface area contributed by atoms with E-state index in [1.165, 1.54) is 12.5 Å². The molecule has 0 bridgehead atoms. The molecule has 0 aromatic carbocycles. The number of nitrogens with zero attached hydrogens (tertiary/aromatic N) is 6. The van der Waals surface area contributed by atoms with Gasteiger partial charge in [-0.15, -0.1) is 0 Å². The molecular weight excluding hydrogens is 425 g/mol. The second-order valence-electron chi connectivity index (χ2n) is 8.15. The number of nitrogen functional groups attached to an aromatic ring is 1. The Balaban J connectivity index is 1.47. The van der Waals surface area contributed by atoms with Crippen molar-refractivity contribution in [1.82, 2.24) is 34.8 Å². The number of nitrogens with one attached hydrogen (secondary N) is 1. The fraction of sp³-hybridized carbons (Fsp3) is 0.500. The van der Waals surface area contributed by atoms with Crippen molar-refractivity contribution in [3.63, 3.8) is 0 Å². The summed E-state index contributed by atoms with van der Waals surface area (Å²) in [5.74, 6) is 0.261. The molecule has 0 amide bonds. The Kier molecular flexibility index (Phi) is 4.93. The van der Waals surface area contributed by atoms with Crippen molar-refractivity contribution < 1.29 is 17.9 Å². The number of likely N-dealkylation sites (tertiary alicyclic amines) is 1. The minimum absolute atomic E-state index is 0.0777. The molecule has 2 aliphatic heterocycles. The quantitative estimate of drug-likeness (QED) is 0.631. The van der Waals surface area contributed by atoms with Crippen LogP contribution in [0.1, 0.15) is 42.9 Å². The van der Waals surface area contributed by atoms with Crippen LogP contribution in [0.5, 0.6) is 0 Å². The minimum atomic E-state index is -4.58. The number of pyridine rings is 1. The fourth-order valence-electron chi connectivity index (χ4n) is 4.74. The second kappa shape index (κ2) is 7.55. The molecule has 5 heterocycles. The summed E-state index contributed by atoms with van der Waals surface area (Å²) in [6.45, 7) is 4.53. The smallest absolute Gasteiger partial charge is 0.383 e. The van der Waals surface area contributed by atoms with Gasteiger partial charge < -0.3 is 10.5 Å². The van der Waals surface area contributed by atoms with Gasteiger partial charge in [0.25, 0.3) is 0 Å². The minimum Gasteiger partial charge on any atom is -0.383 e. The average Bonchev–Trinajstić information content (AvgIpc) is 3.50. The SMILES string of the molecule is CCC(c1ncn[nH]1)N1CCC2(C1)OCCn1nc(-c3cnc(N)c(C(F)(F)F)c3)cc12. The van der Waals surface area contributed by atoms with E-state index in [-0.39, 0.29) is 11.6 Å². The number of ether oxygens (including phenoxy) is 1. The van der Waals surface area contributed by atoms with Crippen LogP contribution in [0.4, 0.5) is 19.0 Å². The zero-order valence-corrected chi connectivity index (χ0v) is 17.4. The number of hydrogen-bond acceptors (Lipinski definition) is 7. The molecule has 3 N–H and O–H groups in total. The predicted octanol–water partition coefficient (Wildman–Crippen LogP) is 2.75. The molecule has 2 atom stereocenters. The lowest BCUT2D eigenvalue weighted by molar-refractivity contribution is -0.137. The number of H-pyrrole nitrogens is 1. The molecule has 1 fully saturated rings. The third kappa shape index (κ3) is 3.43. The largest absolute Gasteiger partial charge is 0.419 e. The number of fused-ring (bicyclic) bond motifs is 2. The molecule has 2 aliphatic rings. The zero-order valence-electron chi connectivity index (χ0n) is 17.4. The number of nitrogens with two attached hydrogens (primary N) is 1. The highest BCUT2D eigenvalue weighted by molar-refractivity contribution is 5.63. The van der Waals surface area contributed by atoms with Crippen molar-refractivity contribution >= 4 is 5.82 Å². The number of halogens is 3. The molecule has 3 aromatic heterocycles. The summed E-state index contributed by atoms with van der Waals surface area (Å²) in [4.78, 5) is 10.4. The fourth-order valence-corrected chi connectivity index (χ4v) is 4.74. The Hall–Kier alpha value is -2.99. The molecule has 9 nitrogen and oxygen atoms in total. The molecular formula is C20H23F3N8O. The van der Waals surface area contributed by atoms with Gasteiger partial charge in [0.15, 0.2) is 0 Å². The summed E-state index contributed by atoms with van der Waals surface area (Å²) in [5.41, 5.74) is 5.46. The Bertz CT molecular complexity index is 1110. The van der Waals surface area contributed by atoms with Gasteiger partial charge in [-0.1, -0.05) is 6.92 Å². The summed E-state index contributed by atoms with van der Waals surface area (Å²) in [7, 11) is 0. The number of aromatic amines is 1. The van der Waals surface area contributed by atoms with Crippen LogP contribution in [0.25, 0.3) is 11.3 Å². The van der Waals surface area contributed by atoms with Gasteiger partial charge in [0.2, 0.25) is 0 Å². The van der Waals surface area contributed by atoms with E-state index in [1.54, 1.807) is 0 Å². The van der Waals surface area contributed by atoms with Gasteiger partial charge >= 0.3 is 6.18 Å². The van der Waals surface area contributed by atoms with Crippen molar-refractivity contribution in [2.45, 2.75) is 44.1 Å².